The van der Waals surface area contributed by atoms with Crippen LogP contribution in [0.15, 0.2) is 0 Å². The van der Waals surface area contributed by atoms with E-state index >= 15 is 0 Å². The summed E-state index contributed by atoms with van der Waals surface area (Å²) in [6.07, 6.45) is 0. The first-order valence-electron chi connectivity index (χ1n) is 3.19. The second-order valence-electron chi connectivity index (χ2n) is 3.13. The Balaban J connectivity index is 3.71. The second-order valence-corrected chi connectivity index (χ2v) is 3.13. The van der Waals surface area contributed by atoms with Gasteiger partial charge < -0.3 is 5.32 Å². The SMILES string of the molecule is BC(B)(NC)C(C)C. The van der Waals surface area contributed by atoms with Crippen molar-refractivity contribution in [2.75, 3.05) is 7.05 Å². The normalized spacial score (nSPS) is 12.5. The summed E-state index contributed by atoms with van der Waals surface area (Å²) in [6.45, 7) is 4.44. The van der Waals surface area contributed by atoms with Gasteiger partial charge in [0.1, 0.15) is 15.7 Å². The number of hydrogen-bond donors (Lipinski definition) is 1. The van der Waals surface area contributed by atoms with Gasteiger partial charge in [-0.25, -0.2) is 0 Å². The van der Waals surface area contributed by atoms with Gasteiger partial charge in [0, 0.05) is 0 Å². The van der Waals surface area contributed by atoms with Crippen LogP contribution in [0.3, 0.4) is 0 Å². The molecule has 0 aliphatic heterocycles. The van der Waals surface area contributed by atoms with E-state index in [9.17, 15) is 0 Å². The maximum atomic E-state index is 3.24. The van der Waals surface area contributed by atoms with Crippen LogP contribution in [0.25, 0.3) is 0 Å². The van der Waals surface area contributed by atoms with Crippen molar-refractivity contribution in [1.29, 1.82) is 0 Å². The van der Waals surface area contributed by atoms with Crippen LogP contribution in [-0.4, -0.2) is 28.1 Å². The van der Waals surface area contributed by atoms with Crippen molar-refractivity contribution in [3.05, 3.63) is 0 Å². The fourth-order valence-corrected chi connectivity index (χ4v) is 0.289. The molecule has 0 aliphatic rings. The van der Waals surface area contributed by atoms with Gasteiger partial charge in [-0.1, -0.05) is 13.8 Å². The minimum Gasteiger partial charge on any atom is -0.329 e. The van der Waals surface area contributed by atoms with Gasteiger partial charge in [-0.05, 0) is 18.3 Å². The summed E-state index contributed by atoms with van der Waals surface area (Å²) in [5.74, 6) is 0.701. The molecule has 0 aliphatic carbocycles. The molecular formula is C5H15B2N. The molecular weight excluding hydrogens is 95.7 g/mol. The fourth-order valence-electron chi connectivity index (χ4n) is 0.289. The van der Waals surface area contributed by atoms with Crippen molar-refractivity contribution in [1.82, 2.24) is 5.32 Å². The number of hydrogen-bond acceptors (Lipinski definition) is 1. The smallest absolute Gasteiger partial charge is 0.117 e. The van der Waals surface area contributed by atoms with Gasteiger partial charge in [0.2, 0.25) is 0 Å². The molecule has 0 bridgehead atoms. The second kappa shape index (κ2) is 2.58. The minimum atomic E-state index is 0.292. The van der Waals surface area contributed by atoms with E-state index in [2.05, 4.69) is 34.9 Å². The summed E-state index contributed by atoms with van der Waals surface area (Å²) in [5, 5.41) is 3.53. The maximum absolute atomic E-state index is 3.24. The first kappa shape index (κ1) is 8.09. The van der Waals surface area contributed by atoms with Crippen LogP contribution < -0.4 is 5.32 Å². The number of nitrogens with one attached hydrogen (secondary N) is 1. The van der Waals surface area contributed by atoms with Gasteiger partial charge in [0.15, 0.2) is 0 Å². The number of rotatable bonds is 2. The van der Waals surface area contributed by atoms with Crippen molar-refractivity contribution < 1.29 is 0 Å². The first-order valence-corrected chi connectivity index (χ1v) is 3.19. The van der Waals surface area contributed by atoms with Gasteiger partial charge in [0.25, 0.3) is 0 Å². The summed E-state index contributed by atoms with van der Waals surface area (Å²) >= 11 is 0. The predicted molar refractivity (Wildman–Crippen MR) is 43.7 cm³/mol. The maximum Gasteiger partial charge on any atom is 0.117 e. The zero-order valence-corrected chi connectivity index (χ0v) is 6.58. The van der Waals surface area contributed by atoms with Crippen LogP contribution in [0.5, 0.6) is 0 Å². The van der Waals surface area contributed by atoms with E-state index in [1.807, 2.05) is 7.05 Å². The molecule has 1 N–H and O–H groups in total. The predicted octanol–water partition coefficient (Wildman–Crippen LogP) is -1.22. The molecule has 0 aromatic rings. The zero-order valence-electron chi connectivity index (χ0n) is 6.58. The molecule has 0 aromatic carbocycles. The lowest BCUT2D eigenvalue weighted by Gasteiger charge is -2.28. The van der Waals surface area contributed by atoms with E-state index < -0.39 is 0 Å². The molecule has 0 rings (SSSR count). The molecule has 0 unspecified atom stereocenters. The summed E-state index contributed by atoms with van der Waals surface area (Å²) in [4.78, 5) is 0. The van der Waals surface area contributed by atoms with Gasteiger partial charge in [-0.3, -0.25) is 0 Å². The quantitative estimate of drug-likeness (QED) is 0.440. The molecule has 0 radical (unpaired) electrons. The molecule has 0 heterocycles. The molecule has 0 atom stereocenters. The van der Waals surface area contributed by atoms with Crippen molar-refractivity contribution in [2.24, 2.45) is 5.92 Å². The minimum absolute atomic E-state index is 0.292. The van der Waals surface area contributed by atoms with E-state index in [0.717, 1.165) is 0 Å². The zero-order chi connectivity index (χ0) is 6.78. The molecule has 0 fully saturated rings. The van der Waals surface area contributed by atoms with Crippen LogP contribution in [0.1, 0.15) is 13.8 Å². The Bertz CT molecular complexity index is 70.8. The Labute approximate surface area is 54.1 Å². The largest absolute Gasteiger partial charge is 0.329 e. The third kappa shape index (κ3) is 1.91. The Morgan fingerprint density at radius 3 is 1.75 bits per heavy atom. The topological polar surface area (TPSA) is 12.0 Å². The molecule has 0 saturated heterocycles. The van der Waals surface area contributed by atoms with Crippen LogP contribution in [0.4, 0.5) is 0 Å². The lowest BCUT2D eigenvalue weighted by molar-refractivity contribution is 0.492. The van der Waals surface area contributed by atoms with E-state index in [-0.39, 0.29) is 0 Å². The Kier molecular flexibility index (Phi) is 2.61. The molecule has 0 saturated carbocycles. The highest BCUT2D eigenvalue weighted by atomic mass is 14.9. The summed E-state index contributed by atoms with van der Waals surface area (Å²) in [6, 6.07) is 0. The Morgan fingerprint density at radius 2 is 1.75 bits per heavy atom. The van der Waals surface area contributed by atoms with Crippen LogP contribution in [-0.2, 0) is 0 Å². The van der Waals surface area contributed by atoms with Crippen LogP contribution >= 0.6 is 0 Å². The molecule has 0 spiro atoms. The van der Waals surface area contributed by atoms with E-state index in [4.69, 9.17) is 0 Å². The highest BCUT2D eigenvalue weighted by Gasteiger charge is 2.18. The van der Waals surface area contributed by atoms with Crippen molar-refractivity contribution in [3.63, 3.8) is 0 Å². The third-order valence-electron chi connectivity index (χ3n) is 2.09. The van der Waals surface area contributed by atoms with E-state index in [0.29, 0.717) is 11.3 Å². The third-order valence-corrected chi connectivity index (χ3v) is 2.09. The summed E-state index contributed by atoms with van der Waals surface area (Å²) in [7, 11) is 6.41. The van der Waals surface area contributed by atoms with Crippen molar-refractivity contribution in [2.45, 2.75) is 19.2 Å². The average molecular weight is 111 g/mol. The van der Waals surface area contributed by atoms with Gasteiger partial charge in [-0.2, -0.15) is 0 Å². The van der Waals surface area contributed by atoms with Crippen molar-refractivity contribution >= 4 is 15.7 Å². The molecule has 3 heteroatoms. The van der Waals surface area contributed by atoms with E-state index in [1.54, 1.807) is 0 Å². The van der Waals surface area contributed by atoms with E-state index in [1.165, 1.54) is 0 Å². The van der Waals surface area contributed by atoms with Crippen LogP contribution in [0.2, 0.25) is 0 Å². The summed E-state index contributed by atoms with van der Waals surface area (Å²) in [5.41, 5.74) is 0. The Hall–Kier alpha value is 0.0899. The molecule has 0 aromatic heterocycles. The van der Waals surface area contributed by atoms with Gasteiger partial charge in [0.05, 0.1) is 0 Å². The van der Waals surface area contributed by atoms with Gasteiger partial charge in [-0.15, -0.1) is 0 Å². The molecule has 46 valence electrons. The van der Waals surface area contributed by atoms with Crippen molar-refractivity contribution in [3.8, 4) is 0 Å². The Morgan fingerprint density at radius 1 is 1.38 bits per heavy atom. The molecule has 8 heavy (non-hydrogen) atoms. The van der Waals surface area contributed by atoms with Crippen LogP contribution in [0, 0.1) is 5.92 Å². The average Bonchev–Trinajstić information content (AvgIpc) is 1.67. The standard InChI is InChI=1S/C5H15B2N/c1-4(2)5(6,7)8-3/h4,8H,6-7H2,1-3H3. The highest BCUT2D eigenvalue weighted by Crippen LogP contribution is 2.05. The summed E-state index contributed by atoms with van der Waals surface area (Å²) < 4.78 is 0. The molecule has 1 nitrogen and oxygen atoms in total. The lowest BCUT2D eigenvalue weighted by atomic mass is 9.56. The van der Waals surface area contributed by atoms with Gasteiger partial charge >= 0.3 is 0 Å². The molecule has 0 amide bonds. The lowest BCUT2D eigenvalue weighted by Crippen LogP contribution is -2.48. The fraction of sp³-hybridized carbons (Fsp3) is 1.00. The highest BCUT2D eigenvalue weighted by molar-refractivity contribution is 6.40. The monoisotopic (exact) mass is 111 g/mol. The first-order chi connectivity index (χ1) is 3.50.